The van der Waals surface area contributed by atoms with E-state index in [2.05, 4.69) is 5.43 Å². The number of nitro benzene ring substituents is 1. The predicted octanol–water partition coefficient (Wildman–Crippen LogP) is 3.04. The molecule has 0 saturated carbocycles. The van der Waals surface area contributed by atoms with Crippen LogP contribution >= 0.6 is 0 Å². The van der Waals surface area contributed by atoms with Crippen LogP contribution in [0.15, 0.2) is 72.8 Å². The molecule has 1 saturated heterocycles. The van der Waals surface area contributed by atoms with Gasteiger partial charge < -0.3 is 9.47 Å². The number of hydrogen-bond donors (Lipinski definition) is 1. The second-order valence-electron chi connectivity index (χ2n) is 8.93. The summed E-state index contributed by atoms with van der Waals surface area (Å²) in [6.45, 7) is 1.09. The molecule has 0 aliphatic carbocycles. The van der Waals surface area contributed by atoms with Gasteiger partial charge in [0.05, 0.1) is 22.9 Å². The van der Waals surface area contributed by atoms with E-state index < -0.39 is 52.7 Å². The van der Waals surface area contributed by atoms with E-state index in [-0.39, 0.29) is 29.8 Å². The number of benzene rings is 3. The fourth-order valence-electron chi connectivity index (χ4n) is 3.88. The van der Waals surface area contributed by atoms with Crippen molar-refractivity contribution in [3.8, 4) is 5.75 Å². The largest absolute Gasteiger partial charge is 0.457 e. The monoisotopic (exact) mass is 545 g/mol. The van der Waals surface area contributed by atoms with Crippen molar-refractivity contribution in [2.24, 2.45) is 5.92 Å². The Morgan fingerprint density at radius 3 is 2.30 bits per heavy atom. The SMILES string of the molecule is Cc1ccc(C(=O)Oc2ccc(C(=O)COC(=O)[C@H]3CC(=O)N(NC(=O)c4ccccc4[N+](=O)[O-])C3)cc2)cc1. The van der Waals surface area contributed by atoms with Gasteiger partial charge in [0.1, 0.15) is 11.3 Å². The third kappa shape index (κ3) is 6.54. The first-order chi connectivity index (χ1) is 19.1. The summed E-state index contributed by atoms with van der Waals surface area (Å²) in [5.74, 6) is -4.06. The molecule has 1 aliphatic rings. The molecule has 12 nitrogen and oxygen atoms in total. The molecule has 1 aliphatic heterocycles. The Morgan fingerprint density at radius 1 is 0.975 bits per heavy atom. The number of Topliss-reactive ketones (excluding diaryl/α,β-unsaturated/α-hetero) is 1. The highest BCUT2D eigenvalue weighted by Crippen LogP contribution is 2.21. The molecule has 0 aromatic heterocycles. The summed E-state index contributed by atoms with van der Waals surface area (Å²) in [5, 5.41) is 12.0. The Balaban J connectivity index is 1.27. The molecule has 12 heteroatoms. The maximum atomic E-state index is 12.5. The maximum absolute atomic E-state index is 12.5. The Morgan fingerprint density at radius 2 is 1.62 bits per heavy atom. The molecule has 4 rings (SSSR count). The fourth-order valence-corrected chi connectivity index (χ4v) is 3.88. The van der Waals surface area contributed by atoms with Gasteiger partial charge >= 0.3 is 11.9 Å². The number of esters is 2. The number of ketones is 1. The van der Waals surface area contributed by atoms with Gasteiger partial charge in [0.2, 0.25) is 5.91 Å². The molecule has 3 aromatic carbocycles. The minimum Gasteiger partial charge on any atom is -0.457 e. The third-order valence-corrected chi connectivity index (χ3v) is 6.06. The van der Waals surface area contributed by atoms with Gasteiger partial charge in [0.15, 0.2) is 12.4 Å². The van der Waals surface area contributed by atoms with Crippen LogP contribution in [0.3, 0.4) is 0 Å². The van der Waals surface area contributed by atoms with E-state index in [0.717, 1.165) is 16.6 Å². The van der Waals surface area contributed by atoms with Crippen molar-refractivity contribution < 1.29 is 38.4 Å². The number of nitrogens with one attached hydrogen (secondary N) is 1. The lowest BCUT2D eigenvalue weighted by molar-refractivity contribution is -0.385. The minimum absolute atomic E-state index is 0.212. The Labute approximate surface area is 227 Å². The average Bonchev–Trinajstić information content (AvgIpc) is 3.32. The van der Waals surface area contributed by atoms with E-state index in [1.165, 1.54) is 42.5 Å². The van der Waals surface area contributed by atoms with Crippen molar-refractivity contribution in [2.45, 2.75) is 13.3 Å². The van der Waals surface area contributed by atoms with Crippen LogP contribution in [-0.2, 0) is 14.3 Å². The quantitative estimate of drug-likeness (QED) is 0.140. The summed E-state index contributed by atoms with van der Waals surface area (Å²) in [6, 6.07) is 17.8. The van der Waals surface area contributed by atoms with Gasteiger partial charge in [-0.25, -0.2) is 4.79 Å². The number of nitrogens with zero attached hydrogens (tertiary/aromatic N) is 2. The lowest BCUT2D eigenvalue weighted by atomic mass is 10.1. The zero-order valence-electron chi connectivity index (χ0n) is 21.2. The molecule has 1 N–H and O–H groups in total. The number of rotatable bonds is 9. The van der Waals surface area contributed by atoms with Crippen LogP contribution in [0.4, 0.5) is 5.69 Å². The highest BCUT2D eigenvalue weighted by atomic mass is 16.6. The van der Waals surface area contributed by atoms with E-state index in [1.54, 1.807) is 24.3 Å². The molecule has 0 bridgehead atoms. The zero-order valence-corrected chi connectivity index (χ0v) is 21.2. The van der Waals surface area contributed by atoms with Gasteiger partial charge in [0, 0.05) is 18.1 Å². The van der Waals surface area contributed by atoms with Crippen LogP contribution in [0, 0.1) is 23.0 Å². The number of hydrogen-bond acceptors (Lipinski definition) is 9. The summed E-state index contributed by atoms with van der Waals surface area (Å²) in [7, 11) is 0. The summed E-state index contributed by atoms with van der Waals surface area (Å²) in [4.78, 5) is 72.5. The molecule has 3 aromatic rings. The van der Waals surface area contributed by atoms with Crippen molar-refractivity contribution in [3.63, 3.8) is 0 Å². The van der Waals surface area contributed by atoms with E-state index in [1.807, 2.05) is 6.92 Å². The highest BCUT2D eigenvalue weighted by Gasteiger charge is 2.37. The van der Waals surface area contributed by atoms with E-state index >= 15 is 0 Å². The van der Waals surface area contributed by atoms with Crippen LogP contribution in [0.1, 0.15) is 43.1 Å². The first-order valence-corrected chi connectivity index (χ1v) is 12.1. The standard InChI is InChI=1S/C28H23N3O9/c1-17-6-8-19(9-7-17)28(36)40-21-12-10-18(11-13-21)24(32)16-39-27(35)20-14-25(33)30(15-20)29-26(34)22-4-2-3-5-23(22)31(37)38/h2-13,20H,14-16H2,1H3,(H,29,34)/t20-/m0/s1. The molecule has 1 fully saturated rings. The molecule has 1 heterocycles. The van der Waals surface area contributed by atoms with Crippen molar-refractivity contribution >= 4 is 35.2 Å². The van der Waals surface area contributed by atoms with Gasteiger partial charge in [0.25, 0.3) is 11.6 Å². The summed E-state index contributed by atoms with van der Waals surface area (Å²) >= 11 is 0. The summed E-state index contributed by atoms with van der Waals surface area (Å²) in [5.41, 5.74) is 3.19. The van der Waals surface area contributed by atoms with Crippen molar-refractivity contribution in [1.29, 1.82) is 0 Å². The normalized spacial score (nSPS) is 14.4. The molecule has 1 atom stereocenters. The minimum atomic E-state index is -0.949. The van der Waals surface area contributed by atoms with Crippen molar-refractivity contribution in [2.75, 3.05) is 13.2 Å². The number of para-hydroxylation sites is 1. The number of hydrazine groups is 1. The Bertz CT molecular complexity index is 1480. The van der Waals surface area contributed by atoms with Gasteiger partial charge in [-0.05, 0) is 49.4 Å². The van der Waals surface area contributed by atoms with E-state index in [0.29, 0.717) is 5.56 Å². The summed E-state index contributed by atoms with van der Waals surface area (Å²) in [6.07, 6.45) is -0.273. The molecule has 0 spiro atoms. The van der Waals surface area contributed by atoms with Gasteiger partial charge in [-0.15, -0.1) is 0 Å². The van der Waals surface area contributed by atoms with E-state index in [4.69, 9.17) is 9.47 Å². The number of amides is 2. The highest BCUT2D eigenvalue weighted by molar-refractivity contribution is 6.00. The predicted molar refractivity (Wildman–Crippen MR) is 138 cm³/mol. The first kappa shape index (κ1) is 27.6. The van der Waals surface area contributed by atoms with Gasteiger partial charge in [-0.2, -0.15) is 0 Å². The van der Waals surface area contributed by atoms with Crippen LogP contribution < -0.4 is 10.2 Å². The Hall–Kier alpha value is -5.39. The lowest BCUT2D eigenvalue weighted by Crippen LogP contribution is -2.43. The lowest BCUT2D eigenvalue weighted by Gasteiger charge is -2.17. The molecule has 40 heavy (non-hydrogen) atoms. The number of nitro groups is 1. The average molecular weight is 546 g/mol. The summed E-state index contributed by atoms with van der Waals surface area (Å²) < 4.78 is 10.4. The molecule has 204 valence electrons. The molecule has 2 amide bonds. The molecule has 0 radical (unpaired) electrons. The molecule has 0 unspecified atom stereocenters. The second kappa shape index (κ2) is 12.0. The van der Waals surface area contributed by atoms with Crippen LogP contribution in [0.2, 0.25) is 0 Å². The number of carbonyl (C=O) groups is 5. The topological polar surface area (TPSA) is 162 Å². The number of aryl methyl sites for hydroxylation is 1. The molecular weight excluding hydrogens is 522 g/mol. The van der Waals surface area contributed by atoms with Crippen LogP contribution in [0.5, 0.6) is 5.75 Å². The number of carbonyl (C=O) groups excluding carboxylic acids is 5. The van der Waals surface area contributed by atoms with Gasteiger partial charge in [-0.1, -0.05) is 29.8 Å². The van der Waals surface area contributed by atoms with Crippen LogP contribution in [0.25, 0.3) is 0 Å². The maximum Gasteiger partial charge on any atom is 0.343 e. The van der Waals surface area contributed by atoms with E-state index in [9.17, 15) is 34.1 Å². The second-order valence-corrected chi connectivity index (χ2v) is 8.93. The van der Waals surface area contributed by atoms with Gasteiger partial charge in [-0.3, -0.25) is 39.7 Å². The van der Waals surface area contributed by atoms with Crippen molar-refractivity contribution in [1.82, 2.24) is 10.4 Å². The third-order valence-electron chi connectivity index (χ3n) is 6.06. The fraction of sp³-hybridized carbons (Fsp3) is 0.179. The first-order valence-electron chi connectivity index (χ1n) is 12.1. The zero-order chi connectivity index (χ0) is 28.8. The Kier molecular flexibility index (Phi) is 8.28. The van der Waals surface area contributed by atoms with Crippen molar-refractivity contribution in [3.05, 3.63) is 105 Å². The van der Waals surface area contributed by atoms with Crippen LogP contribution in [-0.4, -0.2) is 52.6 Å². The molecular formula is C28H23N3O9. The number of ether oxygens (including phenoxy) is 2. The smallest absolute Gasteiger partial charge is 0.343 e.